The molecule has 1 rings (SSSR count). The van der Waals surface area contributed by atoms with Crippen LogP contribution in [0.15, 0.2) is 12.1 Å². The molecule has 0 aromatic carbocycles. The molecule has 1 aromatic heterocycles. The number of halogens is 3. The Morgan fingerprint density at radius 2 is 1.95 bits per heavy atom. The third-order valence-electron chi connectivity index (χ3n) is 3.12. The second-order valence-electron chi connectivity index (χ2n) is 4.73. The number of rotatable bonds is 6. The van der Waals surface area contributed by atoms with Crippen LogP contribution in [-0.2, 0) is 6.18 Å². The van der Waals surface area contributed by atoms with Crippen molar-refractivity contribution in [2.24, 2.45) is 0 Å². The van der Waals surface area contributed by atoms with Gasteiger partial charge in [-0.05, 0) is 32.1 Å². The van der Waals surface area contributed by atoms with Crippen molar-refractivity contribution in [2.45, 2.75) is 33.0 Å². The van der Waals surface area contributed by atoms with Gasteiger partial charge in [0.25, 0.3) is 0 Å². The van der Waals surface area contributed by atoms with E-state index in [4.69, 9.17) is 5.26 Å². The van der Waals surface area contributed by atoms with E-state index in [2.05, 4.69) is 15.2 Å². The van der Waals surface area contributed by atoms with Gasteiger partial charge in [-0.2, -0.15) is 18.4 Å². The molecule has 1 unspecified atom stereocenters. The van der Waals surface area contributed by atoms with Crippen LogP contribution in [0.2, 0.25) is 0 Å². The zero-order valence-corrected chi connectivity index (χ0v) is 12.3. The van der Waals surface area contributed by atoms with E-state index in [9.17, 15) is 13.2 Å². The second kappa shape index (κ2) is 7.27. The van der Waals surface area contributed by atoms with Crippen molar-refractivity contribution >= 4 is 5.82 Å². The summed E-state index contributed by atoms with van der Waals surface area (Å²) in [5.74, 6) is -0.0213. The first-order chi connectivity index (χ1) is 9.81. The lowest BCUT2D eigenvalue weighted by atomic mass is 10.2. The van der Waals surface area contributed by atoms with Gasteiger partial charge in [-0.15, -0.1) is 0 Å². The molecular formula is C14H19F3N4. The number of nitrogens with one attached hydrogen (secondary N) is 1. The SMILES string of the molecule is CCN(CC)CC(C)Nc1nc(C(F)(F)F)ccc1C#N. The van der Waals surface area contributed by atoms with Crippen molar-refractivity contribution < 1.29 is 13.2 Å². The average Bonchev–Trinajstić information content (AvgIpc) is 2.43. The van der Waals surface area contributed by atoms with E-state index in [-0.39, 0.29) is 17.4 Å². The van der Waals surface area contributed by atoms with Gasteiger partial charge in [0, 0.05) is 12.6 Å². The Kier molecular flexibility index (Phi) is 5.97. The second-order valence-corrected chi connectivity index (χ2v) is 4.73. The summed E-state index contributed by atoms with van der Waals surface area (Å²) < 4.78 is 38.0. The number of anilines is 1. The van der Waals surface area contributed by atoms with E-state index >= 15 is 0 Å². The van der Waals surface area contributed by atoms with Crippen LogP contribution in [-0.4, -0.2) is 35.6 Å². The van der Waals surface area contributed by atoms with E-state index in [1.807, 2.05) is 26.8 Å². The number of alkyl halides is 3. The molecule has 0 saturated heterocycles. The molecule has 0 aliphatic rings. The molecule has 1 atom stereocenters. The zero-order valence-electron chi connectivity index (χ0n) is 12.3. The highest BCUT2D eigenvalue weighted by Gasteiger charge is 2.33. The van der Waals surface area contributed by atoms with Crippen LogP contribution in [0.5, 0.6) is 0 Å². The highest BCUT2D eigenvalue weighted by atomic mass is 19.4. The molecule has 7 heteroatoms. The van der Waals surface area contributed by atoms with Gasteiger partial charge in [-0.25, -0.2) is 4.98 Å². The molecule has 0 bridgehead atoms. The van der Waals surface area contributed by atoms with Crippen LogP contribution in [0.3, 0.4) is 0 Å². The van der Waals surface area contributed by atoms with Crippen LogP contribution in [0, 0.1) is 11.3 Å². The minimum absolute atomic E-state index is 0.0213. The molecule has 0 radical (unpaired) electrons. The Morgan fingerprint density at radius 3 is 2.43 bits per heavy atom. The number of likely N-dealkylation sites (N-methyl/N-ethyl adjacent to an activating group) is 1. The number of hydrogen-bond acceptors (Lipinski definition) is 4. The minimum Gasteiger partial charge on any atom is -0.365 e. The lowest BCUT2D eigenvalue weighted by molar-refractivity contribution is -0.141. The number of nitrogens with zero attached hydrogens (tertiary/aromatic N) is 3. The maximum Gasteiger partial charge on any atom is 0.433 e. The van der Waals surface area contributed by atoms with E-state index in [0.717, 1.165) is 25.2 Å². The van der Waals surface area contributed by atoms with E-state index in [1.165, 1.54) is 0 Å². The third-order valence-corrected chi connectivity index (χ3v) is 3.12. The highest BCUT2D eigenvalue weighted by Crippen LogP contribution is 2.29. The summed E-state index contributed by atoms with van der Waals surface area (Å²) in [6.45, 7) is 8.24. The molecule has 1 aromatic rings. The number of nitriles is 1. The predicted molar refractivity (Wildman–Crippen MR) is 74.8 cm³/mol. The Bertz CT molecular complexity index is 504. The molecule has 4 nitrogen and oxygen atoms in total. The third kappa shape index (κ3) is 4.90. The van der Waals surface area contributed by atoms with Gasteiger partial charge in [0.15, 0.2) is 0 Å². The standard InChI is InChI=1S/C14H19F3N4/c1-4-21(5-2)9-10(3)19-13-11(8-18)6-7-12(20-13)14(15,16)17/h6-7,10H,4-5,9H2,1-3H3,(H,19,20). The summed E-state index contributed by atoms with van der Waals surface area (Å²) in [5, 5.41) is 11.9. The van der Waals surface area contributed by atoms with Crippen molar-refractivity contribution in [3.05, 3.63) is 23.4 Å². The first kappa shape index (κ1) is 17.2. The molecule has 1 heterocycles. The van der Waals surface area contributed by atoms with Crippen LogP contribution in [0.1, 0.15) is 32.0 Å². The molecule has 0 fully saturated rings. The van der Waals surface area contributed by atoms with Crippen molar-refractivity contribution in [2.75, 3.05) is 25.0 Å². The Morgan fingerprint density at radius 1 is 1.33 bits per heavy atom. The Labute approximate surface area is 122 Å². The van der Waals surface area contributed by atoms with Gasteiger partial charge < -0.3 is 10.2 Å². The van der Waals surface area contributed by atoms with Gasteiger partial charge >= 0.3 is 6.18 Å². The van der Waals surface area contributed by atoms with Crippen molar-refractivity contribution in [1.29, 1.82) is 5.26 Å². The summed E-state index contributed by atoms with van der Waals surface area (Å²) in [6, 6.07) is 3.70. The fourth-order valence-electron chi connectivity index (χ4n) is 1.97. The number of pyridine rings is 1. The molecule has 0 amide bonds. The highest BCUT2D eigenvalue weighted by molar-refractivity contribution is 5.53. The number of hydrogen-bond donors (Lipinski definition) is 1. The minimum atomic E-state index is -4.52. The number of aromatic nitrogens is 1. The van der Waals surface area contributed by atoms with E-state index in [1.54, 1.807) is 0 Å². The molecule has 0 aliphatic heterocycles. The quantitative estimate of drug-likeness (QED) is 0.877. The van der Waals surface area contributed by atoms with Crippen LogP contribution in [0.4, 0.5) is 19.0 Å². The van der Waals surface area contributed by atoms with Gasteiger partial charge in [-0.3, -0.25) is 0 Å². The van der Waals surface area contributed by atoms with Gasteiger partial charge in [0.1, 0.15) is 17.6 Å². The normalized spacial score (nSPS) is 13.0. The van der Waals surface area contributed by atoms with Gasteiger partial charge in [0.05, 0.1) is 5.56 Å². The molecular weight excluding hydrogens is 281 g/mol. The Balaban J connectivity index is 2.93. The topological polar surface area (TPSA) is 52.0 Å². The summed E-state index contributed by atoms with van der Waals surface area (Å²) in [6.07, 6.45) is -4.52. The molecule has 21 heavy (non-hydrogen) atoms. The van der Waals surface area contributed by atoms with Gasteiger partial charge in [-0.1, -0.05) is 13.8 Å². The van der Waals surface area contributed by atoms with E-state index in [0.29, 0.717) is 6.54 Å². The molecule has 1 N–H and O–H groups in total. The summed E-state index contributed by atoms with van der Waals surface area (Å²) in [5.41, 5.74) is -0.895. The summed E-state index contributed by atoms with van der Waals surface area (Å²) >= 11 is 0. The lowest BCUT2D eigenvalue weighted by Gasteiger charge is -2.24. The molecule has 0 aliphatic carbocycles. The first-order valence-corrected chi connectivity index (χ1v) is 6.79. The monoisotopic (exact) mass is 300 g/mol. The van der Waals surface area contributed by atoms with Crippen molar-refractivity contribution in [1.82, 2.24) is 9.88 Å². The van der Waals surface area contributed by atoms with Crippen LogP contribution >= 0.6 is 0 Å². The first-order valence-electron chi connectivity index (χ1n) is 6.79. The van der Waals surface area contributed by atoms with Crippen molar-refractivity contribution in [3.63, 3.8) is 0 Å². The molecule has 0 spiro atoms. The van der Waals surface area contributed by atoms with Gasteiger partial charge in [0.2, 0.25) is 0 Å². The summed E-state index contributed by atoms with van der Waals surface area (Å²) in [7, 11) is 0. The largest absolute Gasteiger partial charge is 0.433 e. The zero-order chi connectivity index (χ0) is 16.0. The maximum atomic E-state index is 12.7. The van der Waals surface area contributed by atoms with Crippen molar-refractivity contribution in [3.8, 4) is 6.07 Å². The smallest absolute Gasteiger partial charge is 0.365 e. The average molecular weight is 300 g/mol. The fraction of sp³-hybridized carbons (Fsp3) is 0.571. The lowest BCUT2D eigenvalue weighted by Crippen LogP contribution is -2.35. The summed E-state index contributed by atoms with van der Waals surface area (Å²) in [4.78, 5) is 5.67. The van der Waals surface area contributed by atoms with Crippen LogP contribution < -0.4 is 5.32 Å². The predicted octanol–water partition coefficient (Wildman–Crippen LogP) is 3.11. The molecule has 116 valence electrons. The van der Waals surface area contributed by atoms with Crippen LogP contribution in [0.25, 0.3) is 0 Å². The molecule has 0 saturated carbocycles. The van der Waals surface area contributed by atoms with E-state index < -0.39 is 11.9 Å². The fourth-order valence-corrected chi connectivity index (χ4v) is 1.97. The Hall–Kier alpha value is -1.81. The maximum absolute atomic E-state index is 12.7.